The number of hydrogen-bond donors (Lipinski definition) is 0. The largest absolute Gasteiger partial charge is 0.469 e. The fourth-order valence-corrected chi connectivity index (χ4v) is 1.37. The highest BCUT2D eigenvalue weighted by Gasteiger charge is 2.24. The van der Waals surface area contributed by atoms with Gasteiger partial charge in [-0.15, -0.1) is 6.42 Å². The quantitative estimate of drug-likeness (QED) is 0.507. The monoisotopic (exact) mass is 226 g/mol. The van der Waals surface area contributed by atoms with Crippen LogP contribution in [0.4, 0.5) is 0 Å². The maximum atomic E-state index is 11.4. The zero-order valence-corrected chi connectivity index (χ0v) is 9.99. The lowest BCUT2D eigenvalue weighted by atomic mass is 9.94. The summed E-state index contributed by atoms with van der Waals surface area (Å²) in [6.45, 7) is 3.56. The summed E-state index contributed by atoms with van der Waals surface area (Å²) in [6, 6.07) is 0. The zero-order valence-electron chi connectivity index (χ0n) is 9.99. The van der Waals surface area contributed by atoms with Crippen molar-refractivity contribution in [1.82, 2.24) is 0 Å². The first-order valence-electron chi connectivity index (χ1n) is 5.24. The molecule has 0 heterocycles. The Kier molecular flexibility index (Phi) is 7.02. The summed E-state index contributed by atoms with van der Waals surface area (Å²) in [4.78, 5) is 22.7. The molecule has 0 N–H and O–H groups in total. The number of methoxy groups -OCH3 is 1. The molecule has 0 aliphatic heterocycles. The molecule has 0 aliphatic carbocycles. The lowest BCUT2D eigenvalue weighted by Crippen LogP contribution is -2.23. The topological polar surface area (TPSA) is 52.6 Å². The molecule has 90 valence electrons. The molecule has 0 saturated heterocycles. The van der Waals surface area contributed by atoms with Crippen LogP contribution in [-0.4, -0.2) is 25.7 Å². The number of terminal acetylenes is 1. The molecule has 0 aromatic rings. The van der Waals surface area contributed by atoms with Crippen LogP contribution in [0.5, 0.6) is 0 Å². The number of carbonyl (C=O) groups excluding carboxylic acids is 2. The predicted octanol–water partition coefficient (Wildman–Crippen LogP) is 1.39. The van der Waals surface area contributed by atoms with Gasteiger partial charge in [-0.1, -0.05) is 19.8 Å². The molecule has 0 aliphatic rings. The van der Waals surface area contributed by atoms with Gasteiger partial charge >= 0.3 is 11.9 Å². The molecule has 2 atom stereocenters. The molecule has 0 bridgehead atoms. The van der Waals surface area contributed by atoms with Crippen LogP contribution in [0.25, 0.3) is 0 Å². The van der Waals surface area contributed by atoms with Crippen molar-refractivity contribution >= 4 is 11.9 Å². The first kappa shape index (κ1) is 14.5. The van der Waals surface area contributed by atoms with Crippen LogP contribution >= 0.6 is 0 Å². The second-order valence-corrected chi connectivity index (χ2v) is 3.58. The molecule has 0 radical (unpaired) electrons. The van der Waals surface area contributed by atoms with E-state index in [4.69, 9.17) is 11.2 Å². The summed E-state index contributed by atoms with van der Waals surface area (Å²) in [5.74, 6) is 0.938. The predicted molar refractivity (Wildman–Crippen MR) is 59.4 cm³/mol. The molecule has 16 heavy (non-hydrogen) atoms. The fraction of sp³-hybridized carbons (Fsp3) is 0.667. The molecular formula is C12H18O4. The smallest absolute Gasteiger partial charge is 0.309 e. The van der Waals surface area contributed by atoms with E-state index in [0.717, 1.165) is 0 Å². The fourth-order valence-electron chi connectivity index (χ4n) is 1.37. The first-order valence-corrected chi connectivity index (χ1v) is 5.24. The minimum Gasteiger partial charge on any atom is -0.469 e. The molecule has 4 heteroatoms. The highest BCUT2D eigenvalue weighted by molar-refractivity contribution is 5.75. The third-order valence-electron chi connectivity index (χ3n) is 2.37. The van der Waals surface area contributed by atoms with E-state index < -0.39 is 0 Å². The molecule has 0 amide bonds. The maximum Gasteiger partial charge on any atom is 0.309 e. The molecule has 0 aromatic heterocycles. The Morgan fingerprint density at radius 2 is 2.00 bits per heavy atom. The summed E-state index contributed by atoms with van der Waals surface area (Å²) in [5.41, 5.74) is 0. The molecule has 0 saturated carbocycles. The summed E-state index contributed by atoms with van der Waals surface area (Å²) in [5, 5.41) is 0. The summed E-state index contributed by atoms with van der Waals surface area (Å²) in [7, 11) is 1.34. The van der Waals surface area contributed by atoms with Gasteiger partial charge in [-0.05, 0) is 12.8 Å². The Labute approximate surface area is 96.3 Å². The average Bonchev–Trinajstić information content (AvgIpc) is 2.31. The van der Waals surface area contributed by atoms with E-state index >= 15 is 0 Å². The van der Waals surface area contributed by atoms with E-state index in [2.05, 4.69) is 10.7 Å². The van der Waals surface area contributed by atoms with Gasteiger partial charge in [0.2, 0.25) is 0 Å². The Bertz CT molecular complexity index is 277. The summed E-state index contributed by atoms with van der Waals surface area (Å²) >= 11 is 0. The van der Waals surface area contributed by atoms with Crippen molar-refractivity contribution in [1.29, 1.82) is 0 Å². The highest BCUT2D eigenvalue weighted by atomic mass is 16.5. The van der Waals surface area contributed by atoms with Crippen molar-refractivity contribution in [2.24, 2.45) is 11.8 Å². The SMILES string of the molecule is C#CCOC(=O)C(C)CC(CC)C(=O)OC. The molecule has 0 rings (SSSR count). The lowest BCUT2D eigenvalue weighted by molar-refractivity contribution is -0.150. The Balaban J connectivity index is 4.19. The average molecular weight is 226 g/mol. The third-order valence-corrected chi connectivity index (χ3v) is 2.37. The number of carbonyl (C=O) groups is 2. The molecular weight excluding hydrogens is 208 g/mol. The van der Waals surface area contributed by atoms with Crippen LogP contribution in [0.2, 0.25) is 0 Å². The Morgan fingerprint density at radius 1 is 1.38 bits per heavy atom. The summed E-state index contributed by atoms with van der Waals surface area (Å²) in [6.07, 6.45) is 6.03. The highest BCUT2D eigenvalue weighted by Crippen LogP contribution is 2.18. The van der Waals surface area contributed by atoms with Crippen molar-refractivity contribution < 1.29 is 19.1 Å². The standard InChI is InChI=1S/C12H18O4/c1-5-7-16-11(13)9(3)8-10(6-2)12(14)15-4/h1,9-10H,6-8H2,2-4H3. The molecule has 0 spiro atoms. The minimum absolute atomic E-state index is 0.0296. The van der Waals surface area contributed by atoms with Crippen LogP contribution in [0.3, 0.4) is 0 Å². The first-order chi connectivity index (χ1) is 7.56. The van der Waals surface area contributed by atoms with Gasteiger partial charge in [0.15, 0.2) is 6.61 Å². The van der Waals surface area contributed by atoms with Crippen molar-refractivity contribution in [2.45, 2.75) is 26.7 Å². The van der Waals surface area contributed by atoms with Crippen molar-refractivity contribution in [3.05, 3.63) is 0 Å². The van der Waals surface area contributed by atoms with Gasteiger partial charge in [0, 0.05) is 0 Å². The van der Waals surface area contributed by atoms with Crippen LogP contribution in [0.1, 0.15) is 26.7 Å². The lowest BCUT2D eigenvalue weighted by Gasteiger charge is -2.16. The zero-order chi connectivity index (χ0) is 12.6. The van der Waals surface area contributed by atoms with E-state index in [9.17, 15) is 9.59 Å². The van der Waals surface area contributed by atoms with Gasteiger partial charge in [-0.25, -0.2) is 0 Å². The van der Waals surface area contributed by atoms with Crippen molar-refractivity contribution in [2.75, 3.05) is 13.7 Å². The van der Waals surface area contributed by atoms with Crippen LogP contribution < -0.4 is 0 Å². The Morgan fingerprint density at radius 3 is 2.44 bits per heavy atom. The Hall–Kier alpha value is -1.50. The number of esters is 2. The number of hydrogen-bond acceptors (Lipinski definition) is 4. The third kappa shape index (κ3) is 4.83. The van der Waals surface area contributed by atoms with Gasteiger partial charge in [-0.2, -0.15) is 0 Å². The second-order valence-electron chi connectivity index (χ2n) is 3.58. The van der Waals surface area contributed by atoms with Crippen LogP contribution in [0, 0.1) is 24.2 Å². The van der Waals surface area contributed by atoms with Gasteiger partial charge in [0.05, 0.1) is 18.9 Å². The van der Waals surface area contributed by atoms with Crippen LogP contribution in [-0.2, 0) is 19.1 Å². The second kappa shape index (κ2) is 7.75. The molecule has 2 unspecified atom stereocenters. The minimum atomic E-state index is -0.375. The molecule has 0 fully saturated rings. The number of ether oxygens (including phenoxy) is 2. The van der Waals surface area contributed by atoms with Gasteiger partial charge < -0.3 is 9.47 Å². The van der Waals surface area contributed by atoms with Crippen LogP contribution in [0.15, 0.2) is 0 Å². The van der Waals surface area contributed by atoms with Gasteiger partial charge in [0.25, 0.3) is 0 Å². The summed E-state index contributed by atoms with van der Waals surface area (Å²) < 4.78 is 9.43. The number of rotatable bonds is 6. The van der Waals surface area contributed by atoms with Crippen molar-refractivity contribution in [3.8, 4) is 12.3 Å². The van der Waals surface area contributed by atoms with Crippen molar-refractivity contribution in [3.63, 3.8) is 0 Å². The van der Waals surface area contributed by atoms with E-state index in [1.54, 1.807) is 6.92 Å². The van der Waals surface area contributed by atoms with Gasteiger partial charge in [0.1, 0.15) is 0 Å². The van der Waals surface area contributed by atoms with E-state index in [1.165, 1.54) is 7.11 Å². The van der Waals surface area contributed by atoms with Gasteiger partial charge in [-0.3, -0.25) is 9.59 Å². The van der Waals surface area contributed by atoms with E-state index in [0.29, 0.717) is 12.8 Å². The van der Waals surface area contributed by atoms with E-state index in [1.807, 2.05) is 6.92 Å². The van der Waals surface area contributed by atoms with E-state index in [-0.39, 0.29) is 30.4 Å². The molecule has 0 aromatic carbocycles. The maximum absolute atomic E-state index is 11.4. The molecule has 4 nitrogen and oxygen atoms in total. The normalized spacial score (nSPS) is 13.4.